The molecule has 6 heteroatoms. The van der Waals surface area contributed by atoms with E-state index in [9.17, 15) is 14.7 Å². The van der Waals surface area contributed by atoms with Crippen LogP contribution in [0.25, 0.3) is 0 Å². The Bertz CT molecular complexity index is 1070. The zero-order valence-corrected chi connectivity index (χ0v) is 16.9. The van der Waals surface area contributed by atoms with Gasteiger partial charge in [0.05, 0.1) is 16.5 Å². The lowest BCUT2D eigenvalue weighted by Gasteiger charge is -2.27. The van der Waals surface area contributed by atoms with Crippen LogP contribution in [0.2, 0.25) is 0 Å². The van der Waals surface area contributed by atoms with E-state index in [1.165, 1.54) is 16.2 Å². The number of carbonyl (C=O) groups is 2. The van der Waals surface area contributed by atoms with Crippen LogP contribution in [0.3, 0.4) is 0 Å². The standard InChI is InChI=1S/C23H20N2O3S/c1-24(2)16-12-10-15(11-13-16)20-19(21(26)18-9-6-14-29-18)22(27)23(28)25(20)17-7-4-3-5-8-17/h3-14,20,27H,1-2H3. The van der Waals surface area contributed by atoms with E-state index in [1.54, 1.807) is 29.6 Å². The maximum Gasteiger partial charge on any atom is 0.294 e. The van der Waals surface area contributed by atoms with Gasteiger partial charge in [-0.05, 0) is 41.3 Å². The van der Waals surface area contributed by atoms with Gasteiger partial charge in [-0.1, -0.05) is 36.4 Å². The summed E-state index contributed by atoms with van der Waals surface area (Å²) in [6.45, 7) is 0. The van der Waals surface area contributed by atoms with Gasteiger partial charge >= 0.3 is 0 Å². The summed E-state index contributed by atoms with van der Waals surface area (Å²) in [5, 5.41) is 12.5. The van der Waals surface area contributed by atoms with Crippen LogP contribution < -0.4 is 9.80 Å². The second kappa shape index (κ2) is 7.56. The van der Waals surface area contributed by atoms with Gasteiger partial charge in [0.25, 0.3) is 5.91 Å². The Hall–Kier alpha value is -3.38. The second-order valence-electron chi connectivity index (χ2n) is 6.97. The maximum atomic E-state index is 13.2. The van der Waals surface area contributed by atoms with Gasteiger partial charge in [0.15, 0.2) is 5.76 Å². The average Bonchev–Trinajstić information content (AvgIpc) is 3.36. The molecule has 0 bridgehead atoms. The lowest BCUT2D eigenvalue weighted by Crippen LogP contribution is -2.31. The third kappa shape index (κ3) is 3.32. The van der Waals surface area contributed by atoms with Crippen molar-refractivity contribution in [3.63, 3.8) is 0 Å². The first-order valence-electron chi connectivity index (χ1n) is 9.16. The van der Waals surface area contributed by atoms with Crippen LogP contribution >= 0.6 is 11.3 Å². The number of anilines is 2. The van der Waals surface area contributed by atoms with Gasteiger partial charge in [-0.25, -0.2) is 0 Å². The summed E-state index contributed by atoms with van der Waals surface area (Å²) in [4.78, 5) is 30.2. The van der Waals surface area contributed by atoms with Crippen LogP contribution in [0.15, 0.2) is 83.4 Å². The van der Waals surface area contributed by atoms with Gasteiger partial charge in [0.1, 0.15) is 0 Å². The van der Waals surface area contributed by atoms with Gasteiger partial charge in [-0.15, -0.1) is 11.3 Å². The summed E-state index contributed by atoms with van der Waals surface area (Å²) in [6, 6.07) is 19.5. The zero-order chi connectivity index (χ0) is 20.5. The first-order valence-corrected chi connectivity index (χ1v) is 10.0. The summed E-state index contributed by atoms with van der Waals surface area (Å²) in [7, 11) is 3.89. The molecule has 0 aliphatic carbocycles. The fourth-order valence-corrected chi connectivity index (χ4v) is 4.18. The third-order valence-corrected chi connectivity index (χ3v) is 5.83. The van der Waals surface area contributed by atoms with Crippen molar-refractivity contribution in [3.05, 3.63) is 93.9 Å². The Morgan fingerprint density at radius 2 is 1.69 bits per heavy atom. The number of amides is 1. The molecule has 4 rings (SSSR count). The molecular weight excluding hydrogens is 384 g/mol. The van der Waals surface area contributed by atoms with E-state index >= 15 is 0 Å². The van der Waals surface area contributed by atoms with Gasteiger partial charge in [-0.2, -0.15) is 0 Å². The molecule has 1 N–H and O–H groups in total. The molecule has 1 aliphatic heterocycles. The van der Waals surface area contributed by atoms with Gasteiger partial charge in [0, 0.05) is 25.5 Å². The molecule has 1 unspecified atom stereocenters. The summed E-state index contributed by atoms with van der Waals surface area (Å²) in [5.74, 6) is -1.39. The van der Waals surface area contributed by atoms with Gasteiger partial charge in [-0.3, -0.25) is 14.5 Å². The Labute approximate surface area is 173 Å². The number of aliphatic hydroxyl groups excluding tert-OH is 1. The summed E-state index contributed by atoms with van der Waals surface area (Å²) < 4.78 is 0. The predicted molar refractivity (Wildman–Crippen MR) is 116 cm³/mol. The van der Waals surface area contributed by atoms with Crippen LogP contribution in [-0.2, 0) is 4.79 Å². The Kier molecular flexibility index (Phi) is 4.94. The number of nitrogens with zero attached hydrogens (tertiary/aromatic N) is 2. The number of hydrogen-bond donors (Lipinski definition) is 1. The normalized spacial score (nSPS) is 16.4. The van der Waals surface area contributed by atoms with E-state index < -0.39 is 17.7 Å². The number of hydrogen-bond acceptors (Lipinski definition) is 5. The maximum absolute atomic E-state index is 13.2. The molecular formula is C23H20N2O3S. The molecule has 29 heavy (non-hydrogen) atoms. The number of Topliss-reactive ketones (excluding diaryl/α,β-unsaturated/α-hetero) is 1. The fourth-order valence-electron chi connectivity index (χ4n) is 3.50. The number of aliphatic hydroxyl groups is 1. The highest BCUT2D eigenvalue weighted by Gasteiger charge is 2.44. The highest BCUT2D eigenvalue weighted by Crippen LogP contribution is 2.42. The number of ketones is 1. The van der Waals surface area contributed by atoms with E-state index in [0.29, 0.717) is 10.6 Å². The lowest BCUT2D eigenvalue weighted by molar-refractivity contribution is -0.117. The molecule has 2 heterocycles. The van der Waals surface area contributed by atoms with Gasteiger partial charge in [0.2, 0.25) is 5.78 Å². The summed E-state index contributed by atoms with van der Waals surface area (Å²) >= 11 is 1.29. The smallest absolute Gasteiger partial charge is 0.294 e. The molecule has 1 atom stereocenters. The average molecular weight is 404 g/mol. The zero-order valence-electron chi connectivity index (χ0n) is 16.1. The molecule has 0 spiro atoms. The second-order valence-corrected chi connectivity index (χ2v) is 7.92. The summed E-state index contributed by atoms with van der Waals surface area (Å²) in [5.41, 5.74) is 2.50. The monoisotopic (exact) mass is 404 g/mol. The minimum absolute atomic E-state index is 0.110. The quantitative estimate of drug-likeness (QED) is 0.632. The fraction of sp³-hybridized carbons (Fsp3) is 0.130. The molecule has 2 aromatic carbocycles. The topological polar surface area (TPSA) is 60.9 Å². The molecule has 1 aliphatic rings. The van der Waals surface area contributed by atoms with Crippen LogP contribution in [0, 0.1) is 0 Å². The van der Waals surface area contributed by atoms with Crippen LogP contribution in [-0.4, -0.2) is 30.9 Å². The van der Waals surface area contributed by atoms with Crippen molar-refractivity contribution in [1.29, 1.82) is 0 Å². The van der Waals surface area contributed by atoms with Crippen molar-refractivity contribution in [2.75, 3.05) is 23.9 Å². The minimum Gasteiger partial charge on any atom is -0.503 e. The lowest BCUT2D eigenvalue weighted by atomic mass is 9.95. The Morgan fingerprint density at radius 3 is 2.28 bits per heavy atom. The van der Waals surface area contributed by atoms with Crippen molar-refractivity contribution >= 4 is 34.4 Å². The van der Waals surface area contributed by atoms with E-state index in [-0.39, 0.29) is 11.4 Å². The predicted octanol–water partition coefficient (Wildman–Crippen LogP) is 4.60. The molecule has 146 valence electrons. The first kappa shape index (κ1) is 19.0. The highest BCUT2D eigenvalue weighted by molar-refractivity contribution is 7.12. The van der Waals surface area contributed by atoms with E-state index in [0.717, 1.165) is 11.3 Å². The van der Waals surface area contributed by atoms with Crippen LogP contribution in [0.5, 0.6) is 0 Å². The molecule has 3 aromatic rings. The molecule has 0 saturated carbocycles. The Morgan fingerprint density at radius 1 is 1.00 bits per heavy atom. The summed E-state index contributed by atoms with van der Waals surface area (Å²) in [6.07, 6.45) is 0. The van der Waals surface area contributed by atoms with Crippen LogP contribution in [0.1, 0.15) is 21.3 Å². The van der Waals surface area contributed by atoms with Crippen LogP contribution in [0.4, 0.5) is 11.4 Å². The number of benzene rings is 2. The molecule has 0 fully saturated rings. The SMILES string of the molecule is CN(C)c1ccc(C2C(C(=O)c3cccs3)=C(O)C(=O)N2c2ccccc2)cc1. The van der Waals surface area contributed by atoms with E-state index in [4.69, 9.17) is 0 Å². The van der Waals surface area contributed by atoms with Gasteiger partial charge < -0.3 is 10.0 Å². The van der Waals surface area contributed by atoms with Crippen molar-refractivity contribution in [2.45, 2.75) is 6.04 Å². The molecule has 5 nitrogen and oxygen atoms in total. The van der Waals surface area contributed by atoms with Crippen molar-refractivity contribution in [3.8, 4) is 0 Å². The van der Waals surface area contributed by atoms with Crippen molar-refractivity contribution < 1.29 is 14.7 Å². The van der Waals surface area contributed by atoms with E-state index in [2.05, 4.69) is 0 Å². The van der Waals surface area contributed by atoms with Crippen molar-refractivity contribution in [1.82, 2.24) is 0 Å². The number of carbonyl (C=O) groups excluding carboxylic acids is 2. The first-order chi connectivity index (χ1) is 14.0. The molecule has 0 saturated heterocycles. The number of thiophene rings is 1. The molecule has 1 amide bonds. The molecule has 1 aromatic heterocycles. The number of para-hydroxylation sites is 1. The minimum atomic E-state index is -0.698. The van der Waals surface area contributed by atoms with Crippen molar-refractivity contribution in [2.24, 2.45) is 0 Å². The van der Waals surface area contributed by atoms with E-state index in [1.807, 2.05) is 61.5 Å². The number of rotatable bonds is 5. The third-order valence-electron chi connectivity index (χ3n) is 4.96. The Balaban J connectivity index is 1.86. The highest BCUT2D eigenvalue weighted by atomic mass is 32.1. The molecule has 0 radical (unpaired) electrons. The largest absolute Gasteiger partial charge is 0.503 e.